The number of para-hydroxylation sites is 1. The van der Waals surface area contributed by atoms with Gasteiger partial charge < -0.3 is 20.1 Å². The van der Waals surface area contributed by atoms with E-state index in [9.17, 15) is 4.79 Å². The number of ether oxygens (including phenoxy) is 2. The van der Waals surface area contributed by atoms with E-state index in [2.05, 4.69) is 6.92 Å². The van der Waals surface area contributed by atoms with Crippen molar-refractivity contribution in [2.75, 3.05) is 24.3 Å². The number of anilines is 2. The molecule has 2 atom stereocenters. The summed E-state index contributed by atoms with van der Waals surface area (Å²) in [7, 11) is 1.41. The SMILES string of the molecule is CCC1CN(C(CC)C(=O)OC)c2c(N)cccc2O1. The fourth-order valence-corrected chi connectivity index (χ4v) is 2.62. The van der Waals surface area contributed by atoms with Gasteiger partial charge in [0.2, 0.25) is 0 Å². The summed E-state index contributed by atoms with van der Waals surface area (Å²) in [6, 6.07) is 5.25. The molecule has 0 fully saturated rings. The zero-order valence-electron chi connectivity index (χ0n) is 12.3. The largest absolute Gasteiger partial charge is 0.486 e. The molecular weight excluding hydrogens is 256 g/mol. The molecule has 0 saturated carbocycles. The van der Waals surface area contributed by atoms with Crippen LogP contribution in [0.1, 0.15) is 26.7 Å². The van der Waals surface area contributed by atoms with Crippen LogP contribution in [0.5, 0.6) is 5.75 Å². The Morgan fingerprint density at radius 2 is 2.30 bits per heavy atom. The van der Waals surface area contributed by atoms with Crippen LogP contribution in [0.25, 0.3) is 0 Å². The average Bonchev–Trinajstić information content (AvgIpc) is 2.47. The minimum atomic E-state index is -0.332. The fraction of sp³-hybridized carbons (Fsp3) is 0.533. The highest BCUT2D eigenvalue weighted by Gasteiger charge is 2.34. The van der Waals surface area contributed by atoms with Crippen LogP contribution < -0.4 is 15.4 Å². The van der Waals surface area contributed by atoms with Gasteiger partial charge in [-0.15, -0.1) is 0 Å². The lowest BCUT2D eigenvalue weighted by atomic mass is 10.1. The van der Waals surface area contributed by atoms with E-state index in [1.54, 1.807) is 0 Å². The lowest BCUT2D eigenvalue weighted by Crippen LogP contribution is -2.49. The number of nitrogens with two attached hydrogens (primary N) is 1. The van der Waals surface area contributed by atoms with E-state index in [-0.39, 0.29) is 18.1 Å². The first-order valence-corrected chi connectivity index (χ1v) is 7.01. The van der Waals surface area contributed by atoms with Gasteiger partial charge in [-0.1, -0.05) is 19.9 Å². The van der Waals surface area contributed by atoms with Gasteiger partial charge >= 0.3 is 5.97 Å². The minimum absolute atomic E-state index is 0.0583. The van der Waals surface area contributed by atoms with Gasteiger partial charge in [0.05, 0.1) is 19.3 Å². The van der Waals surface area contributed by atoms with Crippen LogP contribution in [-0.4, -0.2) is 31.8 Å². The predicted molar refractivity (Wildman–Crippen MR) is 79.0 cm³/mol. The molecule has 2 N–H and O–H groups in total. The number of hydrogen-bond donors (Lipinski definition) is 1. The Morgan fingerprint density at radius 3 is 2.90 bits per heavy atom. The molecule has 0 aromatic heterocycles. The molecule has 1 heterocycles. The fourth-order valence-electron chi connectivity index (χ4n) is 2.62. The number of nitrogen functional groups attached to an aromatic ring is 1. The highest BCUT2D eigenvalue weighted by molar-refractivity contribution is 5.85. The van der Waals surface area contributed by atoms with Crippen molar-refractivity contribution in [3.05, 3.63) is 18.2 Å². The second-order valence-corrected chi connectivity index (χ2v) is 4.94. The molecule has 0 amide bonds. The molecule has 0 saturated heterocycles. The van der Waals surface area contributed by atoms with Crippen LogP contribution in [0.15, 0.2) is 18.2 Å². The van der Waals surface area contributed by atoms with Crippen LogP contribution >= 0.6 is 0 Å². The molecule has 1 aromatic rings. The monoisotopic (exact) mass is 278 g/mol. The van der Waals surface area contributed by atoms with E-state index >= 15 is 0 Å². The highest BCUT2D eigenvalue weighted by atomic mass is 16.5. The summed E-state index contributed by atoms with van der Waals surface area (Å²) in [6.45, 7) is 4.68. The zero-order valence-corrected chi connectivity index (χ0v) is 12.3. The molecule has 20 heavy (non-hydrogen) atoms. The number of carbonyl (C=O) groups is 1. The van der Waals surface area contributed by atoms with Crippen molar-refractivity contribution >= 4 is 17.3 Å². The smallest absolute Gasteiger partial charge is 0.328 e. The summed E-state index contributed by atoms with van der Waals surface area (Å²) in [5.74, 6) is 0.504. The van der Waals surface area contributed by atoms with Crippen molar-refractivity contribution in [3.8, 4) is 5.75 Å². The van der Waals surface area contributed by atoms with E-state index in [1.165, 1.54) is 7.11 Å². The lowest BCUT2D eigenvalue weighted by molar-refractivity contribution is -0.142. The minimum Gasteiger partial charge on any atom is -0.486 e. The molecule has 110 valence electrons. The predicted octanol–water partition coefficient (Wildman–Crippen LogP) is 2.20. The van der Waals surface area contributed by atoms with Gasteiger partial charge in [0, 0.05) is 0 Å². The van der Waals surface area contributed by atoms with E-state index in [4.69, 9.17) is 15.2 Å². The van der Waals surface area contributed by atoms with Gasteiger partial charge in [-0.25, -0.2) is 4.79 Å². The van der Waals surface area contributed by atoms with Crippen LogP contribution in [0.2, 0.25) is 0 Å². The Bertz CT molecular complexity index is 490. The summed E-state index contributed by atoms with van der Waals surface area (Å²) in [6.07, 6.45) is 1.60. The van der Waals surface area contributed by atoms with Gasteiger partial charge in [-0.05, 0) is 25.0 Å². The maximum atomic E-state index is 12.0. The molecule has 0 bridgehead atoms. The van der Waals surface area contributed by atoms with Crippen molar-refractivity contribution < 1.29 is 14.3 Å². The van der Waals surface area contributed by atoms with Gasteiger partial charge in [0.1, 0.15) is 23.6 Å². The third-order valence-corrected chi connectivity index (χ3v) is 3.70. The third-order valence-electron chi connectivity index (χ3n) is 3.70. The summed E-state index contributed by atoms with van der Waals surface area (Å²) >= 11 is 0. The average molecular weight is 278 g/mol. The van der Waals surface area contributed by atoms with Crippen LogP contribution in [0.3, 0.4) is 0 Å². The quantitative estimate of drug-likeness (QED) is 0.675. The molecule has 1 aromatic carbocycles. The van der Waals surface area contributed by atoms with Crippen molar-refractivity contribution in [1.29, 1.82) is 0 Å². The van der Waals surface area contributed by atoms with E-state index in [1.807, 2.05) is 30.0 Å². The molecule has 0 radical (unpaired) electrons. The van der Waals surface area contributed by atoms with Crippen LogP contribution in [0, 0.1) is 0 Å². The molecular formula is C15H22N2O3. The number of rotatable bonds is 4. The standard InChI is InChI=1S/C15H22N2O3/c1-4-10-9-17(12(5-2)15(18)19-3)14-11(16)7-6-8-13(14)20-10/h6-8,10,12H,4-5,9,16H2,1-3H3. The number of carbonyl (C=O) groups excluding carboxylic acids is 1. The second-order valence-electron chi connectivity index (χ2n) is 4.94. The van der Waals surface area contributed by atoms with Crippen LogP contribution in [0.4, 0.5) is 11.4 Å². The number of fused-ring (bicyclic) bond motifs is 1. The molecule has 0 aliphatic carbocycles. The topological polar surface area (TPSA) is 64.8 Å². The Hall–Kier alpha value is -1.91. The molecule has 5 nitrogen and oxygen atoms in total. The number of esters is 1. The number of nitrogens with zero attached hydrogens (tertiary/aromatic N) is 1. The summed E-state index contributed by atoms with van der Waals surface area (Å²) in [5.41, 5.74) is 7.50. The van der Waals surface area contributed by atoms with Gasteiger partial charge in [0.25, 0.3) is 0 Å². The Labute approximate surface area is 119 Å². The highest BCUT2D eigenvalue weighted by Crippen LogP contribution is 2.40. The van der Waals surface area contributed by atoms with Crippen molar-refractivity contribution in [3.63, 3.8) is 0 Å². The van der Waals surface area contributed by atoms with E-state index in [0.717, 1.165) is 17.9 Å². The Kier molecular flexibility index (Phi) is 4.37. The molecule has 2 unspecified atom stereocenters. The van der Waals surface area contributed by atoms with Crippen molar-refractivity contribution in [1.82, 2.24) is 0 Å². The molecule has 1 aliphatic rings. The van der Waals surface area contributed by atoms with Crippen molar-refractivity contribution in [2.24, 2.45) is 0 Å². The first kappa shape index (κ1) is 14.5. The van der Waals surface area contributed by atoms with E-state index in [0.29, 0.717) is 18.7 Å². The van der Waals surface area contributed by atoms with E-state index < -0.39 is 0 Å². The van der Waals surface area contributed by atoms with Gasteiger partial charge in [-0.3, -0.25) is 0 Å². The van der Waals surface area contributed by atoms with Gasteiger partial charge in [0.15, 0.2) is 0 Å². The number of benzene rings is 1. The number of methoxy groups -OCH3 is 1. The van der Waals surface area contributed by atoms with Crippen molar-refractivity contribution in [2.45, 2.75) is 38.8 Å². The lowest BCUT2D eigenvalue weighted by Gasteiger charge is -2.40. The molecule has 1 aliphatic heterocycles. The Balaban J connectivity index is 2.44. The summed E-state index contributed by atoms with van der Waals surface area (Å²) < 4.78 is 10.8. The first-order valence-electron chi connectivity index (χ1n) is 7.01. The third kappa shape index (κ3) is 2.53. The zero-order chi connectivity index (χ0) is 14.7. The summed E-state index contributed by atoms with van der Waals surface area (Å²) in [4.78, 5) is 14.0. The van der Waals surface area contributed by atoms with Gasteiger partial charge in [-0.2, -0.15) is 0 Å². The molecule has 2 rings (SSSR count). The maximum absolute atomic E-state index is 12.0. The first-order chi connectivity index (χ1) is 9.62. The summed E-state index contributed by atoms with van der Waals surface area (Å²) in [5, 5.41) is 0. The molecule has 5 heteroatoms. The Morgan fingerprint density at radius 1 is 1.55 bits per heavy atom. The normalized spacial score (nSPS) is 18.9. The maximum Gasteiger partial charge on any atom is 0.328 e. The second kappa shape index (κ2) is 6.03. The number of hydrogen-bond acceptors (Lipinski definition) is 5. The van der Waals surface area contributed by atoms with Crippen LogP contribution in [-0.2, 0) is 9.53 Å². The molecule has 0 spiro atoms.